The average Bonchev–Trinajstić information content (AvgIpc) is 3.12. The number of carbonyl (C=O) groups is 1. The van der Waals surface area contributed by atoms with E-state index >= 15 is 0 Å². The van der Waals surface area contributed by atoms with Crippen molar-refractivity contribution in [1.29, 1.82) is 0 Å². The van der Waals surface area contributed by atoms with E-state index in [1.165, 1.54) is 18.2 Å². The number of carbonyl (C=O) groups excluding carboxylic acids is 1. The Morgan fingerprint density at radius 2 is 1.50 bits per heavy atom. The zero-order valence-electron chi connectivity index (χ0n) is 26.8. The van der Waals surface area contributed by atoms with Gasteiger partial charge in [-0.1, -0.05) is 67.1 Å². The molecule has 0 aromatic heterocycles. The van der Waals surface area contributed by atoms with Gasteiger partial charge < -0.3 is 29.9 Å². The summed E-state index contributed by atoms with van der Waals surface area (Å²) in [5, 5.41) is 23.8. The lowest BCUT2D eigenvalue weighted by Gasteiger charge is -2.45. The molecule has 4 unspecified atom stereocenters. The topological polar surface area (TPSA) is 91.3 Å². The second-order valence-corrected chi connectivity index (χ2v) is 13.1. The molecule has 7 nitrogen and oxygen atoms in total. The monoisotopic (exact) mass is 716 g/mol. The Labute approximate surface area is 290 Å². The summed E-state index contributed by atoms with van der Waals surface area (Å²) in [6, 6.07) is 20.5. The number of likely N-dealkylation sites (tertiary alicyclic amines) is 1. The first-order chi connectivity index (χ1) is 23.9. The van der Waals surface area contributed by atoms with Crippen molar-refractivity contribution in [3.8, 4) is 0 Å². The summed E-state index contributed by atoms with van der Waals surface area (Å²) in [5.41, 5.74) is 0.174. The van der Waals surface area contributed by atoms with E-state index in [2.05, 4.69) is 10.2 Å². The van der Waals surface area contributed by atoms with Crippen molar-refractivity contribution in [3.05, 3.63) is 135 Å². The summed E-state index contributed by atoms with van der Waals surface area (Å²) in [6.45, 7) is 3.55. The number of piperidine rings is 1. The number of hydrogen-bond donors (Lipinski definition) is 3. The van der Waals surface area contributed by atoms with E-state index in [1.807, 2.05) is 31.2 Å². The molecular weight excluding hydrogens is 683 g/mol. The van der Waals surface area contributed by atoms with Crippen LogP contribution in [0.3, 0.4) is 0 Å². The zero-order valence-corrected chi connectivity index (χ0v) is 27.6. The maximum atomic E-state index is 14.3. The van der Waals surface area contributed by atoms with Crippen LogP contribution < -0.4 is 5.32 Å². The molecular formula is C37H34ClF5N2O5. The van der Waals surface area contributed by atoms with Crippen molar-refractivity contribution in [1.82, 2.24) is 4.90 Å². The second-order valence-electron chi connectivity index (χ2n) is 12.7. The number of benzene rings is 4. The van der Waals surface area contributed by atoms with Crippen LogP contribution in [0.15, 0.2) is 72.8 Å². The van der Waals surface area contributed by atoms with Gasteiger partial charge in [-0.3, -0.25) is 4.79 Å². The molecule has 0 aliphatic carbocycles. The van der Waals surface area contributed by atoms with Crippen LogP contribution in [0, 0.1) is 35.0 Å². The number of amides is 1. The number of ether oxygens (including phenoxy) is 2. The van der Waals surface area contributed by atoms with E-state index in [0.717, 1.165) is 16.7 Å². The Bertz CT molecular complexity index is 1830. The molecule has 0 bridgehead atoms. The summed E-state index contributed by atoms with van der Waals surface area (Å²) >= 11 is 6.04. The summed E-state index contributed by atoms with van der Waals surface area (Å²) in [4.78, 5) is 15.0. The molecule has 2 aliphatic rings. The quantitative estimate of drug-likeness (QED) is 0.0992. The number of rotatable bonds is 8. The third-order valence-corrected chi connectivity index (χ3v) is 9.73. The van der Waals surface area contributed by atoms with Crippen LogP contribution in [0.4, 0.5) is 27.6 Å². The normalized spacial score (nSPS) is 22.3. The Morgan fingerprint density at radius 1 is 0.880 bits per heavy atom. The molecule has 0 spiro atoms. The molecule has 6 rings (SSSR count). The van der Waals surface area contributed by atoms with E-state index < -0.39 is 58.6 Å². The van der Waals surface area contributed by atoms with Crippen molar-refractivity contribution in [2.45, 2.75) is 50.5 Å². The second kappa shape index (κ2) is 14.7. The van der Waals surface area contributed by atoms with Crippen LogP contribution in [0.5, 0.6) is 0 Å². The molecule has 2 heterocycles. The fraction of sp³-hybridized carbons (Fsp3) is 0.324. The highest BCUT2D eigenvalue weighted by Crippen LogP contribution is 2.43. The van der Waals surface area contributed by atoms with E-state index in [9.17, 15) is 37.0 Å². The molecule has 0 saturated carbocycles. The van der Waals surface area contributed by atoms with Gasteiger partial charge in [0.1, 0.15) is 5.56 Å². The van der Waals surface area contributed by atoms with E-state index in [0.29, 0.717) is 43.1 Å². The van der Waals surface area contributed by atoms with Gasteiger partial charge in [-0.25, -0.2) is 22.0 Å². The lowest BCUT2D eigenvalue weighted by molar-refractivity contribution is -0.277. The van der Waals surface area contributed by atoms with Gasteiger partial charge in [0.05, 0.1) is 24.4 Å². The molecule has 0 radical (unpaired) electrons. The number of anilines is 1. The van der Waals surface area contributed by atoms with Crippen LogP contribution in [-0.4, -0.2) is 46.8 Å². The van der Waals surface area contributed by atoms with Gasteiger partial charge in [0.15, 0.2) is 29.6 Å². The number of halogens is 6. The number of aliphatic hydroxyl groups is 2. The minimum absolute atomic E-state index is 0.000164. The zero-order chi connectivity index (χ0) is 35.7. The Morgan fingerprint density at radius 3 is 2.12 bits per heavy atom. The Kier molecular flexibility index (Phi) is 10.6. The lowest BCUT2D eigenvalue weighted by Crippen LogP contribution is -2.49. The van der Waals surface area contributed by atoms with E-state index in [4.69, 9.17) is 21.1 Å². The van der Waals surface area contributed by atoms with Gasteiger partial charge in [-0.15, -0.1) is 0 Å². The number of nitrogens with one attached hydrogen (secondary N) is 1. The fourth-order valence-electron chi connectivity index (χ4n) is 6.50. The maximum absolute atomic E-state index is 14.3. The molecule has 2 aliphatic heterocycles. The molecule has 2 saturated heterocycles. The van der Waals surface area contributed by atoms with Gasteiger partial charge in [0, 0.05) is 41.8 Å². The minimum atomic E-state index is -2.36. The van der Waals surface area contributed by atoms with Gasteiger partial charge in [0.25, 0.3) is 5.91 Å². The molecule has 2 fully saturated rings. The number of aliphatic hydroxyl groups excluding tert-OH is 1. The SMILES string of the molecule is CC1C(CN2CCC(O)(c3ccc(Cl)cc3)CC2)OC(c2cccc(NC(=O)c3c(F)c(F)c(F)c(F)c3F)c2)OC1c1ccc(CO)cc1. The van der Waals surface area contributed by atoms with Gasteiger partial charge in [-0.05, 0) is 53.8 Å². The van der Waals surface area contributed by atoms with Crippen molar-refractivity contribution >= 4 is 23.2 Å². The highest BCUT2D eigenvalue weighted by molar-refractivity contribution is 6.30. The van der Waals surface area contributed by atoms with Crippen molar-refractivity contribution < 1.29 is 46.4 Å². The molecule has 4 aromatic rings. The maximum Gasteiger partial charge on any atom is 0.261 e. The van der Waals surface area contributed by atoms with E-state index in [-0.39, 0.29) is 24.3 Å². The number of hydrogen-bond acceptors (Lipinski definition) is 6. The van der Waals surface area contributed by atoms with Crippen LogP contribution in [-0.2, 0) is 21.7 Å². The minimum Gasteiger partial charge on any atom is -0.392 e. The smallest absolute Gasteiger partial charge is 0.261 e. The highest BCUT2D eigenvalue weighted by atomic mass is 35.5. The van der Waals surface area contributed by atoms with Crippen molar-refractivity contribution in [2.75, 3.05) is 25.0 Å². The number of nitrogens with zero attached hydrogens (tertiary/aromatic N) is 1. The van der Waals surface area contributed by atoms with Crippen molar-refractivity contribution in [2.24, 2.45) is 5.92 Å². The van der Waals surface area contributed by atoms with Crippen LogP contribution in [0.2, 0.25) is 5.02 Å². The first-order valence-corrected chi connectivity index (χ1v) is 16.4. The molecule has 1 amide bonds. The molecule has 50 heavy (non-hydrogen) atoms. The van der Waals surface area contributed by atoms with Gasteiger partial charge in [0.2, 0.25) is 5.82 Å². The first kappa shape index (κ1) is 35.9. The molecule has 13 heteroatoms. The van der Waals surface area contributed by atoms with Gasteiger partial charge in [-0.2, -0.15) is 0 Å². The largest absolute Gasteiger partial charge is 0.392 e. The summed E-state index contributed by atoms with van der Waals surface area (Å²) < 4.78 is 82.8. The average molecular weight is 717 g/mol. The predicted molar refractivity (Wildman–Crippen MR) is 175 cm³/mol. The highest BCUT2D eigenvalue weighted by Gasteiger charge is 2.41. The Hall–Kier alpha value is -3.91. The van der Waals surface area contributed by atoms with Crippen LogP contribution in [0.25, 0.3) is 0 Å². The molecule has 264 valence electrons. The molecule has 4 aromatic carbocycles. The standard InChI is InChI=1S/C37H34ClF5N2O5/c1-20-27(18-45-15-13-37(48,14-16-45)24-9-11-25(38)12-10-24)49-36(50-34(20)22-7-5-21(19-46)6-8-22)23-3-2-4-26(17-23)44-35(47)28-29(39)31(41)33(43)32(42)30(28)40/h2-12,17,20,27,34,36,46,48H,13-16,18-19H2,1H3,(H,44,47). The fourth-order valence-corrected chi connectivity index (χ4v) is 6.62. The summed E-state index contributed by atoms with van der Waals surface area (Å²) in [5.74, 6) is -13.0. The van der Waals surface area contributed by atoms with Crippen LogP contribution in [0.1, 0.15) is 64.8 Å². The van der Waals surface area contributed by atoms with E-state index in [1.54, 1.807) is 30.3 Å². The predicted octanol–water partition coefficient (Wildman–Crippen LogP) is 7.56. The Balaban J connectivity index is 1.23. The first-order valence-electron chi connectivity index (χ1n) is 16.0. The summed E-state index contributed by atoms with van der Waals surface area (Å²) in [7, 11) is 0. The molecule has 3 N–H and O–H groups in total. The molecule has 4 atom stereocenters. The van der Waals surface area contributed by atoms with Crippen molar-refractivity contribution in [3.63, 3.8) is 0 Å². The summed E-state index contributed by atoms with van der Waals surface area (Å²) in [6.07, 6.45) is -0.863. The van der Waals surface area contributed by atoms with Crippen LogP contribution >= 0.6 is 11.6 Å². The lowest BCUT2D eigenvalue weighted by atomic mass is 9.84. The third-order valence-electron chi connectivity index (χ3n) is 9.48. The third kappa shape index (κ3) is 7.27. The van der Waals surface area contributed by atoms with Gasteiger partial charge >= 0.3 is 0 Å².